The van der Waals surface area contributed by atoms with Gasteiger partial charge in [0.05, 0.1) is 13.2 Å². The van der Waals surface area contributed by atoms with Gasteiger partial charge in [-0.05, 0) is 24.3 Å². The molecule has 0 spiro atoms. The number of hydrogen-bond acceptors (Lipinski definition) is 4. The molecule has 0 aliphatic carbocycles. The first-order valence-corrected chi connectivity index (χ1v) is 8.16. The van der Waals surface area contributed by atoms with E-state index in [1.54, 1.807) is 17.0 Å². The maximum Gasteiger partial charge on any atom is 0.260 e. The zero-order valence-electron chi connectivity index (χ0n) is 13.8. The molecule has 0 radical (unpaired) electrons. The van der Waals surface area contributed by atoms with E-state index in [4.69, 9.17) is 14.2 Å². The molecule has 132 valence electrons. The highest BCUT2D eigenvalue weighted by Gasteiger charge is 2.25. The molecule has 2 aromatic carbocycles. The summed E-state index contributed by atoms with van der Waals surface area (Å²) in [7, 11) is 0. The van der Waals surface area contributed by atoms with Gasteiger partial charge < -0.3 is 19.1 Å². The number of carbonyl (C=O) groups is 1. The maximum atomic E-state index is 13.1. The summed E-state index contributed by atoms with van der Waals surface area (Å²) in [6, 6.07) is 15.2. The van der Waals surface area contributed by atoms with Crippen molar-refractivity contribution < 1.29 is 23.4 Å². The van der Waals surface area contributed by atoms with Gasteiger partial charge >= 0.3 is 0 Å². The first-order chi connectivity index (χ1) is 12.2. The lowest BCUT2D eigenvalue weighted by Crippen LogP contribution is -2.49. The molecule has 2 aromatic rings. The van der Waals surface area contributed by atoms with Crippen LogP contribution in [-0.2, 0) is 9.53 Å². The van der Waals surface area contributed by atoms with E-state index in [1.807, 2.05) is 30.3 Å². The van der Waals surface area contributed by atoms with E-state index in [0.29, 0.717) is 31.2 Å². The van der Waals surface area contributed by atoms with Crippen molar-refractivity contribution in [3.8, 4) is 11.5 Å². The normalized spacial score (nSPS) is 17.2. The predicted molar refractivity (Wildman–Crippen MR) is 90.2 cm³/mol. The van der Waals surface area contributed by atoms with Gasteiger partial charge in [-0.3, -0.25) is 4.79 Å². The zero-order valence-corrected chi connectivity index (χ0v) is 13.8. The van der Waals surface area contributed by atoms with Crippen molar-refractivity contribution in [2.45, 2.75) is 6.10 Å². The molecule has 0 N–H and O–H groups in total. The summed E-state index contributed by atoms with van der Waals surface area (Å²) < 4.78 is 29.8. The second kappa shape index (κ2) is 8.48. The van der Waals surface area contributed by atoms with Crippen LogP contribution in [-0.4, -0.2) is 49.8 Å². The SMILES string of the molecule is O=C(COc1ccccc1)N1CCOC(COc2cccc(F)c2)C1. The Morgan fingerprint density at radius 1 is 1.12 bits per heavy atom. The van der Waals surface area contributed by atoms with Crippen LogP contribution in [0.1, 0.15) is 0 Å². The Bertz CT molecular complexity index is 695. The topological polar surface area (TPSA) is 48.0 Å². The third kappa shape index (κ3) is 5.19. The number of halogens is 1. The minimum Gasteiger partial charge on any atom is -0.491 e. The minimum atomic E-state index is -0.350. The van der Waals surface area contributed by atoms with Crippen LogP contribution in [0.2, 0.25) is 0 Å². The largest absolute Gasteiger partial charge is 0.491 e. The Hall–Kier alpha value is -2.60. The van der Waals surface area contributed by atoms with Gasteiger partial charge in [-0.15, -0.1) is 0 Å². The van der Waals surface area contributed by atoms with E-state index in [9.17, 15) is 9.18 Å². The summed E-state index contributed by atoms with van der Waals surface area (Å²) in [5.41, 5.74) is 0. The molecule has 3 rings (SSSR count). The first kappa shape index (κ1) is 17.2. The van der Waals surface area contributed by atoms with Gasteiger partial charge in [0.1, 0.15) is 30.0 Å². The molecule has 6 heteroatoms. The maximum absolute atomic E-state index is 13.1. The van der Waals surface area contributed by atoms with Gasteiger partial charge in [0.25, 0.3) is 5.91 Å². The number of hydrogen-bond donors (Lipinski definition) is 0. The molecule has 0 aromatic heterocycles. The lowest BCUT2D eigenvalue weighted by Gasteiger charge is -2.32. The molecule has 1 saturated heterocycles. The first-order valence-electron chi connectivity index (χ1n) is 8.16. The molecule has 1 unspecified atom stereocenters. The van der Waals surface area contributed by atoms with Crippen LogP contribution in [0.25, 0.3) is 0 Å². The summed E-state index contributed by atoms with van der Waals surface area (Å²) in [6.07, 6.45) is -0.252. The van der Waals surface area contributed by atoms with E-state index < -0.39 is 0 Å². The average Bonchev–Trinajstić information content (AvgIpc) is 2.65. The van der Waals surface area contributed by atoms with Crippen molar-refractivity contribution >= 4 is 5.91 Å². The number of morpholine rings is 1. The molecule has 1 atom stereocenters. The Kier molecular flexibility index (Phi) is 5.85. The summed E-state index contributed by atoms with van der Waals surface area (Å²) >= 11 is 0. The number of rotatable bonds is 6. The average molecular weight is 345 g/mol. The minimum absolute atomic E-state index is 0.0124. The van der Waals surface area contributed by atoms with Gasteiger partial charge in [0.2, 0.25) is 0 Å². The van der Waals surface area contributed by atoms with Gasteiger partial charge in [-0.2, -0.15) is 0 Å². The predicted octanol–water partition coefficient (Wildman–Crippen LogP) is 2.51. The molecule has 0 bridgehead atoms. The number of benzene rings is 2. The zero-order chi connectivity index (χ0) is 17.5. The molecule has 1 aliphatic rings. The van der Waals surface area contributed by atoms with Crippen LogP contribution in [0.4, 0.5) is 4.39 Å². The molecule has 1 heterocycles. The summed E-state index contributed by atoms with van der Waals surface area (Å²) in [5, 5.41) is 0. The molecule has 0 saturated carbocycles. The number of para-hydroxylation sites is 1. The smallest absolute Gasteiger partial charge is 0.260 e. The monoisotopic (exact) mass is 345 g/mol. The highest BCUT2D eigenvalue weighted by molar-refractivity contribution is 5.77. The van der Waals surface area contributed by atoms with E-state index in [1.165, 1.54) is 12.1 Å². The second-order valence-electron chi connectivity index (χ2n) is 5.70. The van der Waals surface area contributed by atoms with E-state index in [2.05, 4.69) is 0 Å². The van der Waals surface area contributed by atoms with Crippen molar-refractivity contribution in [3.63, 3.8) is 0 Å². The third-order valence-electron chi connectivity index (χ3n) is 3.83. The fourth-order valence-corrected chi connectivity index (χ4v) is 2.55. The fourth-order valence-electron chi connectivity index (χ4n) is 2.55. The molecule has 5 nitrogen and oxygen atoms in total. The molecular weight excluding hydrogens is 325 g/mol. The van der Waals surface area contributed by atoms with Crippen molar-refractivity contribution in [2.75, 3.05) is 32.9 Å². The van der Waals surface area contributed by atoms with E-state index in [0.717, 1.165) is 0 Å². The quantitative estimate of drug-likeness (QED) is 0.807. The molecular formula is C19H20FNO4. The van der Waals surface area contributed by atoms with Crippen LogP contribution in [0.15, 0.2) is 54.6 Å². The molecule has 25 heavy (non-hydrogen) atoms. The lowest BCUT2D eigenvalue weighted by atomic mass is 10.2. The highest BCUT2D eigenvalue weighted by Crippen LogP contribution is 2.14. The van der Waals surface area contributed by atoms with Gasteiger partial charge in [-0.1, -0.05) is 24.3 Å². The van der Waals surface area contributed by atoms with Crippen LogP contribution >= 0.6 is 0 Å². The van der Waals surface area contributed by atoms with Crippen LogP contribution in [0.5, 0.6) is 11.5 Å². The van der Waals surface area contributed by atoms with E-state index in [-0.39, 0.29) is 31.0 Å². The number of ether oxygens (including phenoxy) is 3. The van der Waals surface area contributed by atoms with Crippen molar-refractivity contribution in [3.05, 3.63) is 60.4 Å². The van der Waals surface area contributed by atoms with Gasteiger partial charge in [0, 0.05) is 12.6 Å². The molecule has 1 fully saturated rings. The van der Waals surface area contributed by atoms with Crippen molar-refractivity contribution in [1.29, 1.82) is 0 Å². The number of nitrogens with zero attached hydrogens (tertiary/aromatic N) is 1. The van der Waals surface area contributed by atoms with Gasteiger partial charge in [0.15, 0.2) is 6.61 Å². The van der Waals surface area contributed by atoms with Crippen LogP contribution in [0, 0.1) is 5.82 Å². The second-order valence-corrected chi connectivity index (χ2v) is 5.70. The van der Waals surface area contributed by atoms with Crippen LogP contribution < -0.4 is 9.47 Å². The highest BCUT2D eigenvalue weighted by atomic mass is 19.1. The van der Waals surface area contributed by atoms with E-state index >= 15 is 0 Å². The molecule has 1 amide bonds. The van der Waals surface area contributed by atoms with Gasteiger partial charge in [-0.25, -0.2) is 4.39 Å². The fraction of sp³-hybridized carbons (Fsp3) is 0.316. The summed E-state index contributed by atoms with van der Waals surface area (Å²) in [4.78, 5) is 14.0. The van der Waals surface area contributed by atoms with Crippen LogP contribution in [0.3, 0.4) is 0 Å². The molecule has 1 aliphatic heterocycles. The Balaban J connectivity index is 1.46. The third-order valence-corrected chi connectivity index (χ3v) is 3.83. The Labute approximate surface area is 145 Å². The van der Waals surface area contributed by atoms with Crippen molar-refractivity contribution in [1.82, 2.24) is 4.90 Å². The Morgan fingerprint density at radius 2 is 1.92 bits per heavy atom. The Morgan fingerprint density at radius 3 is 2.72 bits per heavy atom. The standard InChI is InChI=1S/C19H20FNO4/c20-15-5-4-8-17(11-15)24-13-18-12-21(9-10-23-18)19(22)14-25-16-6-2-1-3-7-16/h1-8,11,18H,9-10,12-14H2. The lowest BCUT2D eigenvalue weighted by molar-refractivity contribution is -0.142. The number of carbonyl (C=O) groups excluding carboxylic acids is 1. The summed E-state index contributed by atoms with van der Waals surface area (Å²) in [6.45, 7) is 1.63. The number of amides is 1. The summed E-state index contributed by atoms with van der Waals surface area (Å²) in [5.74, 6) is 0.661. The van der Waals surface area contributed by atoms with Crippen molar-refractivity contribution in [2.24, 2.45) is 0 Å².